The average molecular weight is 477 g/mol. The molecule has 1 aliphatic heterocycles. The smallest absolute Gasteiger partial charge is 0.255 e. The van der Waals surface area contributed by atoms with Gasteiger partial charge >= 0.3 is 0 Å². The first-order valence-electron chi connectivity index (χ1n) is 11.5. The van der Waals surface area contributed by atoms with Crippen LogP contribution in [0.3, 0.4) is 0 Å². The summed E-state index contributed by atoms with van der Waals surface area (Å²) < 4.78 is 28.9. The number of aliphatic hydroxyl groups is 1. The lowest BCUT2D eigenvalue weighted by Gasteiger charge is -2.31. The molecule has 1 fully saturated rings. The van der Waals surface area contributed by atoms with Crippen LogP contribution < -0.4 is 0 Å². The number of rotatable bonds is 4. The summed E-state index contributed by atoms with van der Waals surface area (Å²) in [6, 6.07) is 12.6. The Morgan fingerprint density at radius 1 is 1.20 bits per heavy atom. The Labute approximate surface area is 202 Å². The summed E-state index contributed by atoms with van der Waals surface area (Å²) in [5, 5.41) is 19.8. The molecule has 4 rings (SSSR count). The minimum absolute atomic E-state index is 0.00799. The Balaban J connectivity index is 1.70. The summed E-state index contributed by atoms with van der Waals surface area (Å²) in [5.74, 6) is 3.19. The highest BCUT2D eigenvalue weighted by Gasteiger charge is 2.35. The summed E-state index contributed by atoms with van der Waals surface area (Å²) in [5.41, 5.74) is 2.04. The molecule has 1 N–H and O–H groups in total. The molecule has 1 aromatic carbocycles. The predicted octanol–water partition coefficient (Wildman–Crippen LogP) is 4.67. The Bertz CT molecular complexity index is 1340. The van der Waals surface area contributed by atoms with Gasteiger partial charge in [-0.15, -0.1) is 0 Å². The van der Waals surface area contributed by atoms with Gasteiger partial charge < -0.3 is 10.0 Å². The molecule has 0 unspecified atom stereocenters. The van der Waals surface area contributed by atoms with Gasteiger partial charge in [-0.3, -0.25) is 9.36 Å². The van der Waals surface area contributed by atoms with Crippen molar-refractivity contribution >= 4 is 16.9 Å². The lowest BCUT2D eigenvalue weighted by atomic mass is 10.0. The molecule has 0 saturated carbocycles. The van der Waals surface area contributed by atoms with Crippen LogP contribution in [0.15, 0.2) is 42.6 Å². The van der Waals surface area contributed by atoms with Crippen molar-refractivity contribution in [3.8, 4) is 23.6 Å². The lowest BCUT2D eigenvalue weighted by Crippen LogP contribution is -2.42. The number of piperidine rings is 1. The normalized spacial score (nSPS) is 15.4. The SMILES string of the molecule is CC(C)(O)CCC#Cc1cc2cc(C(=O)N3CCC(F)(F)CC3)cnc2n1-c1ccc(C#N)cc1. The van der Waals surface area contributed by atoms with Crippen LogP contribution in [0.2, 0.25) is 0 Å². The molecule has 1 aliphatic rings. The van der Waals surface area contributed by atoms with Gasteiger partial charge in [-0.25, -0.2) is 13.8 Å². The topological polar surface area (TPSA) is 82.2 Å². The fourth-order valence-corrected chi connectivity index (χ4v) is 3.99. The molecule has 2 aromatic heterocycles. The van der Waals surface area contributed by atoms with Crippen molar-refractivity contribution in [3.63, 3.8) is 0 Å². The number of likely N-dealkylation sites (tertiary alicyclic amines) is 1. The highest BCUT2D eigenvalue weighted by atomic mass is 19.3. The molecule has 0 spiro atoms. The first kappa shape index (κ1) is 24.4. The number of pyridine rings is 1. The molecule has 35 heavy (non-hydrogen) atoms. The Morgan fingerprint density at radius 2 is 1.89 bits per heavy atom. The number of hydrogen-bond donors (Lipinski definition) is 1. The van der Waals surface area contributed by atoms with E-state index >= 15 is 0 Å². The second kappa shape index (κ2) is 9.48. The van der Waals surface area contributed by atoms with Gasteiger partial charge in [0, 0.05) is 49.6 Å². The van der Waals surface area contributed by atoms with Crippen molar-refractivity contribution in [2.45, 2.75) is 51.1 Å². The number of nitrogens with zero attached hydrogens (tertiary/aromatic N) is 4. The second-order valence-corrected chi connectivity index (χ2v) is 9.42. The number of amides is 1. The van der Waals surface area contributed by atoms with E-state index in [4.69, 9.17) is 5.26 Å². The van der Waals surface area contributed by atoms with E-state index in [1.807, 2.05) is 10.6 Å². The molecule has 180 valence electrons. The number of halogens is 2. The van der Waals surface area contributed by atoms with Crippen LogP contribution in [0.4, 0.5) is 8.78 Å². The third-order valence-electron chi connectivity index (χ3n) is 6.00. The number of nitriles is 1. The van der Waals surface area contributed by atoms with E-state index < -0.39 is 11.5 Å². The van der Waals surface area contributed by atoms with E-state index in [9.17, 15) is 18.7 Å². The number of carbonyl (C=O) groups is 1. The van der Waals surface area contributed by atoms with Gasteiger partial charge in [0.25, 0.3) is 11.8 Å². The third kappa shape index (κ3) is 5.67. The van der Waals surface area contributed by atoms with Crippen molar-refractivity contribution < 1.29 is 18.7 Å². The monoisotopic (exact) mass is 476 g/mol. The molecule has 0 radical (unpaired) electrons. The van der Waals surface area contributed by atoms with Gasteiger partial charge in [0.15, 0.2) is 0 Å². The molecule has 3 heterocycles. The molecule has 3 aromatic rings. The first-order valence-corrected chi connectivity index (χ1v) is 11.5. The summed E-state index contributed by atoms with van der Waals surface area (Å²) in [7, 11) is 0. The van der Waals surface area contributed by atoms with E-state index in [1.54, 1.807) is 44.2 Å². The maximum Gasteiger partial charge on any atom is 0.255 e. The molecule has 8 heteroatoms. The zero-order valence-electron chi connectivity index (χ0n) is 19.7. The van der Waals surface area contributed by atoms with Gasteiger partial charge in [-0.2, -0.15) is 5.26 Å². The van der Waals surface area contributed by atoms with E-state index in [0.29, 0.717) is 40.7 Å². The average Bonchev–Trinajstić information content (AvgIpc) is 3.18. The Kier molecular flexibility index (Phi) is 6.60. The van der Waals surface area contributed by atoms with Crippen molar-refractivity contribution in [1.29, 1.82) is 5.26 Å². The summed E-state index contributed by atoms with van der Waals surface area (Å²) >= 11 is 0. The van der Waals surface area contributed by atoms with E-state index in [2.05, 4.69) is 22.9 Å². The summed E-state index contributed by atoms with van der Waals surface area (Å²) in [6.07, 6.45) is 1.79. The van der Waals surface area contributed by atoms with Crippen LogP contribution in [-0.2, 0) is 0 Å². The highest BCUT2D eigenvalue weighted by molar-refractivity contribution is 5.97. The fourth-order valence-electron chi connectivity index (χ4n) is 3.99. The zero-order chi connectivity index (χ0) is 25.2. The second-order valence-electron chi connectivity index (χ2n) is 9.42. The third-order valence-corrected chi connectivity index (χ3v) is 6.00. The Morgan fingerprint density at radius 3 is 2.51 bits per heavy atom. The predicted molar refractivity (Wildman–Crippen MR) is 128 cm³/mol. The number of aromatic nitrogens is 2. The van der Waals surface area contributed by atoms with E-state index in [1.165, 1.54) is 11.1 Å². The Hall–Kier alpha value is -3.75. The van der Waals surface area contributed by atoms with Gasteiger partial charge in [-0.1, -0.05) is 5.92 Å². The van der Waals surface area contributed by atoms with Crippen LogP contribution >= 0.6 is 0 Å². The largest absolute Gasteiger partial charge is 0.390 e. The maximum atomic E-state index is 13.5. The highest BCUT2D eigenvalue weighted by Crippen LogP contribution is 2.29. The molecule has 0 atom stereocenters. The summed E-state index contributed by atoms with van der Waals surface area (Å²) in [6.45, 7) is 3.48. The molecule has 1 saturated heterocycles. The number of hydrogen-bond acceptors (Lipinski definition) is 4. The van der Waals surface area contributed by atoms with E-state index in [-0.39, 0.29) is 31.8 Å². The quantitative estimate of drug-likeness (QED) is 0.555. The molecule has 6 nitrogen and oxygen atoms in total. The lowest BCUT2D eigenvalue weighted by molar-refractivity contribution is -0.0494. The van der Waals surface area contributed by atoms with Gasteiger partial charge in [0.1, 0.15) is 5.65 Å². The minimum atomic E-state index is -2.73. The van der Waals surface area contributed by atoms with Crippen molar-refractivity contribution in [3.05, 3.63) is 59.4 Å². The van der Waals surface area contributed by atoms with Crippen LogP contribution in [-0.4, -0.2) is 50.1 Å². The van der Waals surface area contributed by atoms with Crippen LogP contribution in [0.25, 0.3) is 16.7 Å². The van der Waals surface area contributed by atoms with E-state index in [0.717, 1.165) is 5.69 Å². The molecular formula is C27H26F2N4O2. The van der Waals surface area contributed by atoms with Crippen LogP contribution in [0.1, 0.15) is 61.1 Å². The van der Waals surface area contributed by atoms with Gasteiger partial charge in [0.05, 0.1) is 28.5 Å². The minimum Gasteiger partial charge on any atom is -0.390 e. The maximum absolute atomic E-state index is 13.5. The van der Waals surface area contributed by atoms with Crippen LogP contribution in [0, 0.1) is 23.2 Å². The number of carbonyl (C=O) groups excluding carboxylic acids is 1. The van der Waals surface area contributed by atoms with Crippen molar-refractivity contribution in [2.75, 3.05) is 13.1 Å². The molecule has 0 aliphatic carbocycles. The zero-order valence-corrected chi connectivity index (χ0v) is 19.7. The van der Waals surface area contributed by atoms with Gasteiger partial charge in [0.2, 0.25) is 0 Å². The first-order chi connectivity index (χ1) is 16.6. The summed E-state index contributed by atoms with van der Waals surface area (Å²) in [4.78, 5) is 18.9. The van der Waals surface area contributed by atoms with Crippen LogP contribution in [0.5, 0.6) is 0 Å². The standard InChI is InChI=1S/C27H26F2N4O2/c1-26(2,35)10-4-3-5-23-16-20-15-21(25(34)32-13-11-27(28,29)12-14-32)18-31-24(20)33(23)22-8-6-19(17-30)7-9-22/h6-9,15-16,18,35H,4,10-14H2,1-2H3. The number of fused-ring (bicyclic) bond motifs is 1. The molecule has 1 amide bonds. The molecule has 0 bridgehead atoms. The fraction of sp³-hybridized carbons (Fsp3) is 0.370. The van der Waals surface area contributed by atoms with Crippen molar-refractivity contribution in [2.24, 2.45) is 0 Å². The van der Waals surface area contributed by atoms with Crippen molar-refractivity contribution in [1.82, 2.24) is 14.5 Å². The molecular weight excluding hydrogens is 450 g/mol. The number of alkyl halides is 2. The van der Waals surface area contributed by atoms with Gasteiger partial charge in [-0.05, 0) is 62.6 Å². The number of benzene rings is 1.